The molecule has 0 unspecified atom stereocenters. The normalized spacial score (nSPS) is 17.5. The highest BCUT2D eigenvalue weighted by Crippen LogP contribution is 2.20. The van der Waals surface area contributed by atoms with Gasteiger partial charge < -0.3 is 0 Å². The lowest BCUT2D eigenvalue weighted by Crippen LogP contribution is -2.36. The summed E-state index contributed by atoms with van der Waals surface area (Å²) in [6.07, 6.45) is 10.4. The van der Waals surface area contributed by atoms with Crippen molar-refractivity contribution in [2.75, 3.05) is 6.54 Å². The first-order valence-corrected chi connectivity index (χ1v) is 12.1. The van der Waals surface area contributed by atoms with Gasteiger partial charge in [0.05, 0.1) is 9.79 Å². The van der Waals surface area contributed by atoms with Gasteiger partial charge in [-0.15, -0.1) is 0 Å². The number of allylic oxidation sites excluding steroid dienone is 3. The summed E-state index contributed by atoms with van der Waals surface area (Å²) in [6.45, 7) is 3.90. The maximum Gasteiger partial charge on any atom is 0.240 e. The van der Waals surface area contributed by atoms with E-state index in [1.165, 1.54) is 24.3 Å². The Morgan fingerprint density at radius 2 is 1.56 bits per heavy atom. The molecule has 0 radical (unpaired) electrons. The van der Waals surface area contributed by atoms with Crippen molar-refractivity contribution in [2.45, 2.75) is 61.8 Å². The van der Waals surface area contributed by atoms with Crippen LogP contribution in [-0.2, 0) is 20.0 Å². The molecular formula is C19H28N2O4S2. The number of hydrogen-bond acceptors (Lipinski definition) is 4. The molecule has 1 aromatic rings. The van der Waals surface area contributed by atoms with E-state index in [1.807, 2.05) is 32.1 Å². The molecule has 8 heteroatoms. The van der Waals surface area contributed by atoms with Crippen molar-refractivity contribution in [2.24, 2.45) is 0 Å². The van der Waals surface area contributed by atoms with Crippen molar-refractivity contribution < 1.29 is 16.8 Å². The van der Waals surface area contributed by atoms with Gasteiger partial charge in [0.15, 0.2) is 0 Å². The van der Waals surface area contributed by atoms with E-state index in [2.05, 4.69) is 9.44 Å². The van der Waals surface area contributed by atoms with Crippen molar-refractivity contribution >= 4 is 20.0 Å². The summed E-state index contributed by atoms with van der Waals surface area (Å²) in [5.74, 6) is 0. The van der Waals surface area contributed by atoms with E-state index in [-0.39, 0.29) is 22.4 Å². The van der Waals surface area contributed by atoms with Crippen LogP contribution in [0, 0.1) is 0 Å². The van der Waals surface area contributed by atoms with Crippen LogP contribution in [0.4, 0.5) is 0 Å². The molecule has 0 aliphatic heterocycles. The minimum absolute atomic E-state index is 0.0398. The molecule has 0 spiro atoms. The Morgan fingerprint density at radius 1 is 1.00 bits per heavy atom. The summed E-state index contributed by atoms with van der Waals surface area (Å²) in [7, 11) is -7.34. The first-order valence-electron chi connectivity index (χ1n) is 9.15. The smallest absolute Gasteiger partial charge is 0.208 e. The van der Waals surface area contributed by atoms with Crippen molar-refractivity contribution in [3.63, 3.8) is 0 Å². The number of nitrogens with one attached hydrogen (secondary N) is 2. The Bertz CT molecular complexity index is 880. The Hall–Kier alpha value is -1.48. The van der Waals surface area contributed by atoms with Crippen molar-refractivity contribution in [3.8, 4) is 0 Å². The molecule has 6 nitrogen and oxygen atoms in total. The van der Waals surface area contributed by atoms with Crippen LogP contribution >= 0.6 is 0 Å². The number of benzene rings is 1. The molecule has 27 heavy (non-hydrogen) atoms. The Labute approximate surface area is 162 Å². The van der Waals surface area contributed by atoms with Crippen LogP contribution in [0.3, 0.4) is 0 Å². The predicted octanol–water partition coefficient (Wildman–Crippen LogP) is 3.10. The first kappa shape index (κ1) is 21.8. The van der Waals surface area contributed by atoms with Crippen LogP contribution in [0.25, 0.3) is 0 Å². The molecule has 0 aromatic heterocycles. The van der Waals surface area contributed by atoms with Gasteiger partial charge in [-0.2, -0.15) is 0 Å². The highest BCUT2D eigenvalue weighted by atomic mass is 32.2. The summed E-state index contributed by atoms with van der Waals surface area (Å²) < 4.78 is 54.9. The van der Waals surface area contributed by atoms with E-state index in [0.29, 0.717) is 0 Å². The summed E-state index contributed by atoms with van der Waals surface area (Å²) in [5.41, 5.74) is 0.868. The molecule has 1 aromatic carbocycles. The molecule has 1 aliphatic carbocycles. The maximum absolute atomic E-state index is 12.5. The van der Waals surface area contributed by atoms with Crippen LogP contribution in [0.1, 0.15) is 46.0 Å². The molecular weight excluding hydrogens is 384 g/mol. The fourth-order valence-electron chi connectivity index (χ4n) is 2.92. The van der Waals surface area contributed by atoms with Crippen LogP contribution in [0.5, 0.6) is 0 Å². The minimum Gasteiger partial charge on any atom is -0.208 e. The number of hydrogen-bond donors (Lipinski definition) is 2. The van der Waals surface area contributed by atoms with Crippen LogP contribution < -0.4 is 9.44 Å². The second kappa shape index (κ2) is 9.64. The SMILES string of the molecule is C/C=C\C=C(/C)CNS(=O)(=O)c1ccc(S(=O)(=O)NC2CCCCC2)cc1. The van der Waals surface area contributed by atoms with E-state index in [0.717, 1.165) is 37.7 Å². The zero-order valence-electron chi connectivity index (χ0n) is 15.8. The highest BCUT2D eigenvalue weighted by molar-refractivity contribution is 7.90. The van der Waals surface area contributed by atoms with Crippen molar-refractivity contribution in [1.29, 1.82) is 0 Å². The second-order valence-corrected chi connectivity index (χ2v) is 10.3. The summed E-state index contributed by atoms with van der Waals surface area (Å²) >= 11 is 0. The Kier molecular flexibility index (Phi) is 7.79. The molecule has 0 bridgehead atoms. The second-order valence-electron chi connectivity index (χ2n) is 6.79. The average Bonchev–Trinajstić information content (AvgIpc) is 2.65. The van der Waals surface area contributed by atoms with Crippen LogP contribution in [0.2, 0.25) is 0 Å². The molecule has 2 N–H and O–H groups in total. The maximum atomic E-state index is 12.5. The number of sulfonamides is 2. The van der Waals surface area contributed by atoms with Gasteiger partial charge in [-0.3, -0.25) is 0 Å². The zero-order chi connectivity index (χ0) is 19.9. The Balaban J connectivity index is 2.06. The third kappa shape index (κ3) is 6.57. The van der Waals surface area contributed by atoms with E-state index >= 15 is 0 Å². The largest absolute Gasteiger partial charge is 0.240 e. The molecule has 1 fully saturated rings. The van der Waals surface area contributed by atoms with Gasteiger partial charge in [-0.25, -0.2) is 26.3 Å². The summed E-state index contributed by atoms with van der Waals surface area (Å²) in [4.78, 5) is 0.120. The third-order valence-corrected chi connectivity index (χ3v) is 7.44. The average molecular weight is 413 g/mol. The standard InChI is InChI=1S/C19H28N2O4S2/c1-3-4-8-16(2)15-20-26(22,23)18-11-13-19(14-12-18)27(24,25)21-17-9-6-5-7-10-17/h3-4,8,11-14,17,20-21H,5-7,9-10,15H2,1-2H3/b4-3-,16-8+. The van der Waals surface area contributed by atoms with E-state index in [1.54, 1.807) is 0 Å². The third-order valence-electron chi connectivity index (χ3n) is 4.49. The van der Waals surface area contributed by atoms with Gasteiger partial charge in [0, 0.05) is 12.6 Å². The molecule has 150 valence electrons. The van der Waals surface area contributed by atoms with Gasteiger partial charge in [0.25, 0.3) is 0 Å². The summed E-state index contributed by atoms with van der Waals surface area (Å²) in [5, 5.41) is 0. The highest BCUT2D eigenvalue weighted by Gasteiger charge is 2.22. The minimum atomic E-state index is -3.70. The fraction of sp³-hybridized carbons (Fsp3) is 0.474. The monoisotopic (exact) mass is 412 g/mol. The molecule has 0 saturated heterocycles. The van der Waals surface area contributed by atoms with Gasteiger partial charge in [-0.05, 0) is 51.0 Å². The lowest BCUT2D eigenvalue weighted by molar-refractivity contribution is 0.412. The van der Waals surface area contributed by atoms with E-state index < -0.39 is 20.0 Å². The predicted molar refractivity (Wildman–Crippen MR) is 107 cm³/mol. The van der Waals surface area contributed by atoms with Gasteiger partial charge in [-0.1, -0.05) is 43.1 Å². The molecule has 0 atom stereocenters. The summed E-state index contributed by atoms with van der Waals surface area (Å²) in [6, 6.07) is 5.27. The van der Waals surface area contributed by atoms with E-state index in [4.69, 9.17) is 0 Å². The lowest BCUT2D eigenvalue weighted by Gasteiger charge is -2.22. The van der Waals surface area contributed by atoms with Gasteiger partial charge in [0.1, 0.15) is 0 Å². The molecule has 1 saturated carbocycles. The topological polar surface area (TPSA) is 92.3 Å². The fourth-order valence-corrected chi connectivity index (χ4v) is 5.30. The quantitative estimate of drug-likeness (QED) is 0.642. The van der Waals surface area contributed by atoms with Crippen LogP contribution in [-0.4, -0.2) is 29.4 Å². The molecule has 0 amide bonds. The van der Waals surface area contributed by atoms with Crippen LogP contribution in [0.15, 0.2) is 57.9 Å². The van der Waals surface area contributed by atoms with Gasteiger partial charge in [0.2, 0.25) is 20.0 Å². The van der Waals surface area contributed by atoms with Crippen molar-refractivity contribution in [1.82, 2.24) is 9.44 Å². The zero-order valence-corrected chi connectivity index (χ0v) is 17.4. The van der Waals surface area contributed by atoms with Gasteiger partial charge >= 0.3 is 0 Å². The lowest BCUT2D eigenvalue weighted by atomic mass is 9.96. The first-order chi connectivity index (χ1) is 12.7. The number of rotatable bonds is 8. The Morgan fingerprint density at radius 3 is 2.11 bits per heavy atom. The van der Waals surface area contributed by atoms with Crippen molar-refractivity contribution in [3.05, 3.63) is 48.1 Å². The molecule has 1 aliphatic rings. The molecule has 2 rings (SSSR count). The van der Waals surface area contributed by atoms with E-state index in [9.17, 15) is 16.8 Å². The molecule has 0 heterocycles.